The number of hydrogen-bond donors (Lipinski definition) is 1. The minimum Gasteiger partial charge on any atom is -0.395 e. The van der Waals surface area contributed by atoms with E-state index in [0.29, 0.717) is 24.9 Å². The molecule has 0 atom stereocenters. The van der Waals surface area contributed by atoms with Crippen LogP contribution < -0.4 is 0 Å². The van der Waals surface area contributed by atoms with Crippen LogP contribution in [0.3, 0.4) is 0 Å². The van der Waals surface area contributed by atoms with Crippen molar-refractivity contribution in [2.45, 2.75) is 18.3 Å². The molecule has 2 aromatic rings. The first kappa shape index (κ1) is 16.8. The molecule has 1 aliphatic heterocycles. The van der Waals surface area contributed by atoms with E-state index in [1.54, 1.807) is 12.1 Å². The number of halogens is 1. The van der Waals surface area contributed by atoms with Gasteiger partial charge in [-0.2, -0.15) is 0 Å². The first-order valence-corrected chi connectivity index (χ1v) is 8.35. The molecule has 2 aromatic carbocycles. The summed E-state index contributed by atoms with van der Waals surface area (Å²) in [5.74, 6) is -0.282. The molecule has 0 saturated carbocycles. The van der Waals surface area contributed by atoms with Crippen LogP contribution in [0.25, 0.3) is 0 Å². The van der Waals surface area contributed by atoms with Gasteiger partial charge in [0.25, 0.3) is 0 Å². The van der Waals surface area contributed by atoms with Gasteiger partial charge in [0.05, 0.1) is 12.0 Å². The molecule has 1 saturated heterocycles. The van der Waals surface area contributed by atoms with E-state index in [1.165, 1.54) is 12.1 Å². The minimum atomic E-state index is -0.578. The standard InChI is InChI=1S/C20H22FNO2/c21-18-8-6-16(7-9-18)19(24)20(17-4-2-1-3-5-17)10-12-22(13-11-20)14-15-23/h1-9,23H,10-15H2. The maximum Gasteiger partial charge on any atom is 0.173 e. The molecule has 1 fully saturated rings. The van der Waals surface area contributed by atoms with E-state index in [-0.39, 0.29) is 18.2 Å². The van der Waals surface area contributed by atoms with Crippen molar-refractivity contribution in [3.05, 3.63) is 71.5 Å². The molecule has 1 N–H and O–H groups in total. The Balaban J connectivity index is 1.94. The van der Waals surface area contributed by atoms with Crippen LogP contribution in [0.1, 0.15) is 28.8 Å². The molecular formula is C20H22FNO2. The Labute approximate surface area is 141 Å². The molecule has 1 aliphatic rings. The Morgan fingerprint density at radius 2 is 1.67 bits per heavy atom. The van der Waals surface area contributed by atoms with Crippen molar-refractivity contribution in [3.63, 3.8) is 0 Å². The summed E-state index contributed by atoms with van der Waals surface area (Å²) in [6, 6.07) is 15.7. The Morgan fingerprint density at radius 3 is 2.25 bits per heavy atom. The number of ketones is 1. The van der Waals surface area contributed by atoms with Gasteiger partial charge >= 0.3 is 0 Å². The van der Waals surface area contributed by atoms with Gasteiger partial charge in [0, 0.05) is 12.1 Å². The summed E-state index contributed by atoms with van der Waals surface area (Å²) in [5, 5.41) is 9.13. The average Bonchev–Trinajstić information content (AvgIpc) is 2.64. The fraction of sp³-hybridized carbons (Fsp3) is 0.350. The number of β-amino-alcohol motifs (C(OH)–C–C–N with tert-alkyl or cyclic N) is 1. The van der Waals surface area contributed by atoms with Crippen molar-refractivity contribution in [2.24, 2.45) is 0 Å². The molecule has 0 aromatic heterocycles. The smallest absolute Gasteiger partial charge is 0.173 e. The lowest BCUT2D eigenvalue weighted by atomic mass is 9.68. The van der Waals surface area contributed by atoms with Crippen LogP contribution in [0.4, 0.5) is 4.39 Å². The van der Waals surface area contributed by atoms with Gasteiger partial charge in [-0.25, -0.2) is 4.39 Å². The Kier molecular flexibility index (Phi) is 5.07. The van der Waals surface area contributed by atoms with Gasteiger partial charge < -0.3 is 10.0 Å². The van der Waals surface area contributed by atoms with Gasteiger partial charge in [-0.05, 0) is 55.8 Å². The highest BCUT2D eigenvalue weighted by Crippen LogP contribution is 2.38. The summed E-state index contributed by atoms with van der Waals surface area (Å²) in [5.41, 5.74) is 0.990. The molecule has 4 heteroatoms. The van der Waals surface area contributed by atoms with Gasteiger partial charge in [-0.3, -0.25) is 4.79 Å². The lowest BCUT2D eigenvalue weighted by Gasteiger charge is -2.41. The molecule has 0 aliphatic carbocycles. The molecule has 126 valence electrons. The maximum absolute atomic E-state index is 13.3. The lowest BCUT2D eigenvalue weighted by molar-refractivity contribution is 0.0749. The van der Waals surface area contributed by atoms with E-state index in [0.717, 1.165) is 18.7 Å². The largest absolute Gasteiger partial charge is 0.395 e. The second-order valence-electron chi connectivity index (χ2n) is 6.35. The van der Waals surface area contributed by atoms with E-state index in [9.17, 15) is 9.18 Å². The molecule has 1 heterocycles. The fourth-order valence-electron chi connectivity index (χ4n) is 3.58. The SMILES string of the molecule is O=C(c1ccc(F)cc1)C1(c2ccccc2)CCN(CCO)CC1. The molecule has 0 amide bonds. The second kappa shape index (κ2) is 7.24. The molecule has 0 radical (unpaired) electrons. The number of carbonyl (C=O) groups is 1. The number of rotatable bonds is 5. The van der Waals surface area contributed by atoms with E-state index in [4.69, 9.17) is 5.11 Å². The normalized spacial score (nSPS) is 17.6. The number of likely N-dealkylation sites (tertiary alicyclic amines) is 1. The van der Waals surface area contributed by atoms with Gasteiger partial charge in [0.1, 0.15) is 5.82 Å². The van der Waals surface area contributed by atoms with Crippen LogP contribution in [-0.4, -0.2) is 42.0 Å². The van der Waals surface area contributed by atoms with E-state index in [2.05, 4.69) is 4.90 Å². The van der Waals surface area contributed by atoms with Crippen molar-refractivity contribution >= 4 is 5.78 Å². The lowest BCUT2D eigenvalue weighted by Crippen LogP contribution is -2.48. The predicted molar refractivity (Wildman–Crippen MR) is 91.6 cm³/mol. The molecule has 0 spiro atoms. The number of carbonyl (C=O) groups excluding carboxylic acids is 1. The van der Waals surface area contributed by atoms with Crippen LogP contribution in [0.2, 0.25) is 0 Å². The highest BCUT2D eigenvalue weighted by Gasteiger charge is 2.42. The van der Waals surface area contributed by atoms with Gasteiger partial charge in [0.2, 0.25) is 0 Å². The van der Waals surface area contributed by atoms with Crippen molar-refractivity contribution in [1.82, 2.24) is 4.90 Å². The van der Waals surface area contributed by atoms with Crippen LogP contribution in [0, 0.1) is 5.82 Å². The van der Waals surface area contributed by atoms with Gasteiger partial charge in [-0.15, -0.1) is 0 Å². The number of piperidine rings is 1. The molecule has 0 bridgehead atoms. The Morgan fingerprint density at radius 1 is 1.04 bits per heavy atom. The third kappa shape index (κ3) is 3.25. The number of hydrogen-bond acceptors (Lipinski definition) is 3. The van der Waals surface area contributed by atoms with Crippen LogP contribution >= 0.6 is 0 Å². The molecule has 3 nitrogen and oxygen atoms in total. The van der Waals surface area contributed by atoms with Crippen molar-refractivity contribution < 1.29 is 14.3 Å². The summed E-state index contributed by atoms with van der Waals surface area (Å²) in [6.45, 7) is 2.30. The highest BCUT2D eigenvalue weighted by molar-refractivity contribution is 6.04. The zero-order chi connectivity index (χ0) is 17.0. The third-order valence-corrected chi connectivity index (χ3v) is 4.99. The minimum absolute atomic E-state index is 0.0531. The quantitative estimate of drug-likeness (QED) is 0.858. The van der Waals surface area contributed by atoms with Gasteiger partial charge in [-0.1, -0.05) is 30.3 Å². The zero-order valence-electron chi connectivity index (χ0n) is 13.6. The molecule has 24 heavy (non-hydrogen) atoms. The van der Waals surface area contributed by atoms with E-state index >= 15 is 0 Å². The highest BCUT2D eigenvalue weighted by atomic mass is 19.1. The first-order chi connectivity index (χ1) is 11.7. The molecule has 3 rings (SSSR count). The number of Topliss-reactive ketones (excluding diaryl/α,β-unsaturated/α-hetero) is 1. The molecule has 0 unspecified atom stereocenters. The zero-order valence-corrected chi connectivity index (χ0v) is 13.6. The second-order valence-corrected chi connectivity index (χ2v) is 6.35. The fourth-order valence-corrected chi connectivity index (χ4v) is 3.58. The monoisotopic (exact) mass is 327 g/mol. The molecular weight excluding hydrogens is 305 g/mol. The van der Waals surface area contributed by atoms with Crippen molar-refractivity contribution in [2.75, 3.05) is 26.2 Å². The van der Waals surface area contributed by atoms with Crippen LogP contribution in [-0.2, 0) is 5.41 Å². The first-order valence-electron chi connectivity index (χ1n) is 8.35. The Bertz CT molecular complexity index is 677. The topological polar surface area (TPSA) is 40.5 Å². The maximum atomic E-state index is 13.3. The third-order valence-electron chi connectivity index (χ3n) is 4.99. The van der Waals surface area contributed by atoms with Crippen LogP contribution in [0.15, 0.2) is 54.6 Å². The van der Waals surface area contributed by atoms with Crippen molar-refractivity contribution in [3.8, 4) is 0 Å². The van der Waals surface area contributed by atoms with Gasteiger partial charge in [0.15, 0.2) is 5.78 Å². The summed E-state index contributed by atoms with van der Waals surface area (Å²) in [7, 11) is 0. The summed E-state index contributed by atoms with van der Waals surface area (Å²) in [4.78, 5) is 15.5. The number of aliphatic hydroxyl groups excluding tert-OH is 1. The number of nitrogens with zero attached hydrogens (tertiary/aromatic N) is 1. The van der Waals surface area contributed by atoms with E-state index < -0.39 is 5.41 Å². The van der Waals surface area contributed by atoms with Crippen LogP contribution in [0.5, 0.6) is 0 Å². The van der Waals surface area contributed by atoms with Crippen molar-refractivity contribution in [1.29, 1.82) is 0 Å². The summed E-state index contributed by atoms with van der Waals surface area (Å²) in [6.07, 6.45) is 1.40. The summed E-state index contributed by atoms with van der Waals surface area (Å²) < 4.78 is 13.2. The number of benzene rings is 2. The predicted octanol–water partition coefficient (Wildman–Crippen LogP) is 3.03. The number of aliphatic hydroxyl groups is 1. The van der Waals surface area contributed by atoms with E-state index in [1.807, 2.05) is 30.3 Å². The average molecular weight is 327 g/mol. The Hall–Kier alpha value is -2.04. The summed E-state index contributed by atoms with van der Waals surface area (Å²) >= 11 is 0.